The summed E-state index contributed by atoms with van der Waals surface area (Å²) < 4.78 is 40.9. The van der Waals surface area contributed by atoms with Crippen LogP contribution in [0.1, 0.15) is 146 Å². The third-order valence-electron chi connectivity index (χ3n) is 14.1. The summed E-state index contributed by atoms with van der Waals surface area (Å²) in [6.07, 6.45) is 20.3. The van der Waals surface area contributed by atoms with Crippen LogP contribution in [0, 0.1) is 58.0 Å². The molecule has 0 saturated heterocycles. The number of hydrogen-bond donors (Lipinski definition) is 1. The molecule has 1 N–H and O–H groups in total. The van der Waals surface area contributed by atoms with Crippen LogP contribution in [0.2, 0.25) is 0 Å². The van der Waals surface area contributed by atoms with Gasteiger partial charge in [-0.2, -0.15) is 0 Å². The zero-order valence-corrected chi connectivity index (χ0v) is 29.6. The Morgan fingerprint density at radius 2 is 0.960 bits per heavy atom. The van der Waals surface area contributed by atoms with Crippen LogP contribution in [0.4, 0.5) is 8.78 Å². The minimum Gasteiger partial charge on any atom is -0.493 e. The molecule has 50 heavy (non-hydrogen) atoms. The third-order valence-corrected chi connectivity index (χ3v) is 14.3. The number of halogens is 3. The van der Waals surface area contributed by atoms with Crippen LogP contribution >= 0.6 is 11.6 Å². The van der Waals surface area contributed by atoms with Crippen LogP contribution in [0.25, 0.3) is 0 Å². The number of aromatic carboxylic acids is 1. The number of benzene rings is 2. The normalized spacial score (nSPS) is 35.8. The fourth-order valence-corrected chi connectivity index (χ4v) is 12.7. The van der Waals surface area contributed by atoms with Gasteiger partial charge in [0, 0.05) is 23.0 Å². The first kappa shape index (κ1) is 33.2. The van der Waals surface area contributed by atoms with E-state index >= 15 is 0 Å². The Morgan fingerprint density at radius 3 is 1.28 bits per heavy atom. The van der Waals surface area contributed by atoms with Gasteiger partial charge in [0.2, 0.25) is 0 Å². The second-order valence-corrected chi connectivity index (χ2v) is 18.6. The van der Waals surface area contributed by atoms with Gasteiger partial charge in [0.25, 0.3) is 5.24 Å². The van der Waals surface area contributed by atoms with E-state index in [2.05, 4.69) is 0 Å². The highest BCUT2D eigenvalue weighted by atomic mass is 35.5. The first-order valence-corrected chi connectivity index (χ1v) is 19.8. The molecule has 10 aliphatic carbocycles. The van der Waals surface area contributed by atoms with Crippen LogP contribution in [0.5, 0.6) is 11.5 Å². The number of rotatable bonds is 10. The SMILES string of the molecule is O=C(Cl)c1cc(C2CC2)c(OCC23CC4CC(CC(C4)C2)C3)cc1F.O=C(O)c1cc(C2CC2)c(OCC23CC4CC(CC(C4)C2)C3)cc1F. The van der Waals surface area contributed by atoms with E-state index in [0.717, 1.165) is 72.3 Å². The topological polar surface area (TPSA) is 72.8 Å². The second kappa shape index (κ2) is 12.5. The molecule has 0 spiro atoms. The quantitative estimate of drug-likeness (QED) is 0.249. The number of carboxylic acid groups (broad SMARTS) is 1. The molecule has 0 amide bonds. The van der Waals surface area contributed by atoms with Crippen LogP contribution in [-0.2, 0) is 0 Å². The summed E-state index contributed by atoms with van der Waals surface area (Å²) in [5, 5.41) is 8.46. The molecule has 5 nitrogen and oxygen atoms in total. The van der Waals surface area contributed by atoms with Crippen molar-refractivity contribution in [3.05, 3.63) is 58.2 Å². The summed E-state index contributed by atoms with van der Waals surface area (Å²) in [6, 6.07) is 5.84. The zero-order valence-electron chi connectivity index (χ0n) is 28.9. The van der Waals surface area contributed by atoms with Crippen molar-refractivity contribution in [2.24, 2.45) is 46.3 Å². The van der Waals surface area contributed by atoms with E-state index < -0.39 is 22.8 Å². The zero-order chi connectivity index (χ0) is 34.4. The lowest BCUT2D eigenvalue weighted by molar-refractivity contribution is -0.0747. The smallest absolute Gasteiger partial charge is 0.338 e. The van der Waals surface area contributed by atoms with Crippen molar-refractivity contribution in [2.45, 2.75) is 115 Å². The van der Waals surface area contributed by atoms with Gasteiger partial charge in [0.15, 0.2) is 0 Å². The molecule has 0 atom stereocenters. The Balaban J connectivity index is 0.000000135. The van der Waals surface area contributed by atoms with Gasteiger partial charge in [-0.25, -0.2) is 13.6 Å². The molecule has 0 radical (unpaired) electrons. The van der Waals surface area contributed by atoms with Gasteiger partial charge >= 0.3 is 5.97 Å². The van der Waals surface area contributed by atoms with Crippen molar-refractivity contribution in [3.63, 3.8) is 0 Å². The molecule has 12 rings (SSSR count). The maximum Gasteiger partial charge on any atom is 0.338 e. The minimum absolute atomic E-state index is 0.0225. The Hall–Kier alpha value is -2.67. The van der Waals surface area contributed by atoms with Crippen LogP contribution in [0.15, 0.2) is 24.3 Å². The lowest BCUT2D eigenvalue weighted by Crippen LogP contribution is -2.48. The monoisotopic (exact) mass is 706 g/mol. The molecule has 8 bridgehead atoms. The van der Waals surface area contributed by atoms with Gasteiger partial charge < -0.3 is 14.6 Å². The van der Waals surface area contributed by atoms with Gasteiger partial charge in [-0.1, -0.05) is 0 Å². The number of carboxylic acids is 1. The van der Waals surface area contributed by atoms with Crippen molar-refractivity contribution in [2.75, 3.05) is 13.2 Å². The van der Waals surface area contributed by atoms with E-state index in [0.29, 0.717) is 42.0 Å². The average Bonchev–Trinajstić information content (AvgIpc) is 3.97. The molecular weight excluding hydrogens is 658 g/mol. The summed E-state index contributed by atoms with van der Waals surface area (Å²) >= 11 is 5.53. The minimum atomic E-state index is -1.20. The molecule has 2 aromatic rings. The maximum atomic E-state index is 14.3. The van der Waals surface area contributed by atoms with Gasteiger partial charge in [-0.15, -0.1) is 0 Å². The highest BCUT2D eigenvalue weighted by Gasteiger charge is 2.52. The van der Waals surface area contributed by atoms with E-state index in [1.807, 2.05) is 0 Å². The van der Waals surface area contributed by atoms with Gasteiger partial charge in [-0.3, -0.25) is 4.79 Å². The Bertz CT molecular complexity index is 1500. The number of carbonyl (C=O) groups is 2. The molecule has 0 heterocycles. The molecule has 2 aromatic carbocycles. The standard InChI is InChI=1S/C21H24ClFO2.C21H25FO3/c22-20(24)17-6-16(15-1-2-15)19(7-18(17)23)25-11-21-8-12-3-13(9-21)5-14(4-12)10-21;22-18-7-19(16(15-1-2-15)6-17(18)20(23)24)25-11-21-8-12-3-13(9-21)5-14(4-12)10-21/h6-7,12-15H,1-5,8-11H2;6-7,12-15H,1-5,8-11H2,(H,23,24). The van der Waals surface area contributed by atoms with E-state index in [9.17, 15) is 23.5 Å². The lowest BCUT2D eigenvalue weighted by Gasteiger charge is -2.56. The predicted molar refractivity (Wildman–Crippen MR) is 186 cm³/mol. The number of hydrogen-bond acceptors (Lipinski definition) is 4. The Kier molecular flexibility index (Phi) is 8.28. The molecule has 0 unspecified atom stereocenters. The summed E-state index contributed by atoms with van der Waals surface area (Å²) in [4.78, 5) is 22.7. The first-order valence-electron chi connectivity index (χ1n) is 19.4. The number of ether oxygens (including phenoxy) is 2. The van der Waals surface area contributed by atoms with Crippen LogP contribution in [0.3, 0.4) is 0 Å². The lowest BCUT2D eigenvalue weighted by atomic mass is 9.50. The fraction of sp³-hybridized carbons (Fsp3) is 0.667. The van der Waals surface area contributed by atoms with Crippen LogP contribution < -0.4 is 9.47 Å². The first-order chi connectivity index (χ1) is 24.0. The molecule has 0 aliphatic heterocycles. The van der Waals surface area contributed by atoms with Crippen LogP contribution in [-0.4, -0.2) is 29.5 Å². The van der Waals surface area contributed by atoms with Crippen molar-refractivity contribution in [1.82, 2.24) is 0 Å². The van der Waals surface area contributed by atoms with Crippen molar-refractivity contribution in [3.8, 4) is 11.5 Å². The Labute approximate surface area is 298 Å². The average molecular weight is 707 g/mol. The largest absolute Gasteiger partial charge is 0.493 e. The molecule has 8 heteroatoms. The van der Waals surface area contributed by atoms with Gasteiger partial charge in [0.05, 0.1) is 24.3 Å². The molecule has 268 valence electrons. The number of carbonyl (C=O) groups excluding carboxylic acids is 1. The summed E-state index contributed by atoms with van der Waals surface area (Å²) in [7, 11) is 0. The van der Waals surface area contributed by atoms with Gasteiger partial charge in [-0.05, 0) is 185 Å². The highest BCUT2D eigenvalue weighted by Crippen LogP contribution is 2.61. The van der Waals surface area contributed by atoms with E-state index in [1.54, 1.807) is 6.07 Å². The summed E-state index contributed by atoms with van der Waals surface area (Å²) in [5.74, 6) is 4.73. The Morgan fingerprint density at radius 1 is 0.620 bits per heavy atom. The highest BCUT2D eigenvalue weighted by molar-refractivity contribution is 6.67. The van der Waals surface area contributed by atoms with Crippen molar-refractivity contribution in [1.29, 1.82) is 0 Å². The van der Waals surface area contributed by atoms with E-state index in [-0.39, 0.29) is 16.5 Å². The molecule has 10 fully saturated rings. The fourth-order valence-electron chi connectivity index (χ4n) is 12.5. The van der Waals surface area contributed by atoms with E-state index in [1.165, 1.54) is 95.2 Å². The maximum absolute atomic E-state index is 14.3. The van der Waals surface area contributed by atoms with Crippen molar-refractivity contribution < 1.29 is 33.0 Å². The molecule has 10 saturated carbocycles. The predicted octanol–water partition coefficient (Wildman–Crippen LogP) is 10.7. The van der Waals surface area contributed by atoms with Crippen molar-refractivity contribution >= 4 is 22.8 Å². The second-order valence-electron chi connectivity index (χ2n) is 18.3. The summed E-state index contributed by atoms with van der Waals surface area (Å²) in [5.41, 5.74) is 2.18. The molecular formula is C42H49ClF2O5. The van der Waals surface area contributed by atoms with E-state index in [4.69, 9.17) is 21.1 Å². The molecule has 0 aromatic heterocycles. The molecule has 10 aliphatic rings. The third kappa shape index (κ3) is 6.47. The summed E-state index contributed by atoms with van der Waals surface area (Å²) in [6.45, 7) is 1.37. The van der Waals surface area contributed by atoms with Gasteiger partial charge in [0.1, 0.15) is 23.1 Å².